The number of amides is 1. The Bertz CT molecular complexity index is 586. The standard InChI is InChI=1S/C15H16Cl2N4O/c16-6-10-21(11-7-17)13-4-2-12(3-5-13)14(22)20-15-18-8-1-9-19-15/h1-5,8-9H,6-7,10-11H2,(H,18,19,20,22). The fraction of sp³-hybridized carbons (Fsp3) is 0.267. The van der Waals surface area contributed by atoms with Gasteiger partial charge in [-0.2, -0.15) is 0 Å². The van der Waals surface area contributed by atoms with Gasteiger partial charge in [-0.05, 0) is 30.3 Å². The van der Waals surface area contributed by atoms with E-state index < -0.39 is 0 Å². The van der Waals surface area contributed by atoms with Crippen molar-refractivity contribution in [3.05, 3.63) is 48.3 Å². The molecule has 0 fully saturated rings. The summed E-state index contributed by atoms with van der Waals surface area (Å²) < 4.78 is 0. The number of nitrogens with one attached hydrogen (secondary N) is 1. The van der Waals surface area contributed by atoms with Gasteiger partial charge in [0, 0.05) is 48.5 Å². The first-order chi connectivity index (χ1) is 10.7. The van der Waals surface area contributed by atoms with Crippen molar-refractivity contribution in [3.63, 3.8) is 0 Å². The van der Waals surface area contributed by atoms with E-state index in [1.54, 1.807) is 30.6 Å². The first kappa shape index (κ1) is 16.5. The van der Waals surface area contributed by atoms with Gasteiger partial charge in [0.25, 0.3) is 5.91 Å². The Kier molecular flexibility index (Phi) is 6.43. The van der Waals surface area contributed by atoms with Gasteiger partial charge in [0.2, 0.25) is 5.95 Å². The van der Waals surface area contributed by atoms with E-state index in [2.05, 4.69) is 20.2 Å². The van der Waals surface area contributed by atoms with Gasteiger partial charge in [0.15, 0.2) is 0 Å². The number of alkyl halides is 2. The molecule has 0 saturated carbocycles. The van der Waals surface area contributed by atoms with Crippen molar-refractivity contribution in [2.45, 2.75) is 0 Å². The second-order valence-corrected chi connectivity index (χ2v) is 5.19. The van der Waals surface area contributed by atoms with Gasteiger partial charge in [0.1, 0.15) is 0 Å². The van der Waals surface area contributed by atoms with Gasteiger partial charge in [0.05, 0.1) is 0 Å². The fourth-order valence-corrected chi connectivity index (χ4v) is 2.34. The number of hydrogen-bond donors (Lipinski definition) is 1. The molecule has 5 nitrogen and oxygen atoms in total. The predicted molar refractivity (Wildman–Crippen MR) is 90.1 cm³/mol. The molecule has 1 aromatic carbocycles. The number of aromatic nitrogens is 2. The Labute approximate surface area is 139 Å². The molecule has 1 N–H and O–H groups in total. The first-order valence-corrected chi connectivity index (χ1v) is 7.87. The fourth-order valence-electron chi connectivity index (χ4n) is 1.94. The number of nitrogens with zero attached hydrogens (tertiary/aromatic N) is 3. The van der Waals surface area contributed by atoms with E-state index in [1.807, 2.05) is 12.1 Å². The summed E-state index contributed by atoms with van der Waals surface area (Å²) in [6.45, 7) is 1.41. The van der Waals surface area contributed by atoms with Gasteiger partial charge in [-0.15, -0.1) is 23.2 Å². The van der Waals surface area contributed by atoms with Gasteiger partial charge in [-0.25, -0.2) is 9.97 Å². The molecule has 0 aliphatic carbocycles. The lowest BCUT2D eigenvalue weighted by molar-refractivity contribution is 0.102. The zero-order valence-corrected chi connectivity index (χ0v) is 13.4. The summed E-state index contributed by atoms with van der Waals surface area (Å²) in [6, 6.07) is 8.94. The first-order valence-electron chi connectivity index (χ1n) is 6.80. The summed E-state index contributed by atoms with van der Waals surface area (Å²) in [4.78, 5) is 22.1. The second kappa shape index (κ2) is 8.56. The zero-order valence-electron chi connectivity index (χ0n) is 11.9. The third-order valence-corrected chi connectivity index (χ3v) is 3.33. The average Bonchev–Trinajstić information content (AvgIpc) is 2.56. The van der Waals surface area contributed by atoms with Crippen molar-refractivity contribution in [1.29, 1.82) is 0 Å². The molecule has 0 saturated heterocycles. The Morgan fingerprint density at radius 1 is 1.05 bits per heavy atom. The summed E-state index contributed by atoms with van der Waals surface area (Å²) in [5.41, 5.74) is 1.52. The number of anilines is 2. The molecule has 0 aliphatic heterocycles. The van der Waals surface area contributed by atoms with E-state index in [1.165, 1.54) is 0 Å². The van der Waals surface area contributed by atoms with Crippen LogP contribution in [-0.2, 0) is 0 Å². The van der Waals surface area contributed by atoms with Crippen LogP contribution in [0, 0.1) is 0 Å². The quantitative estimate of drug-likeness (QED) is 0.788. The Morgan fingerprint density at radius 3 is 2.18 bits per heavy atom. The molecule has 116 valence electrons. The molecule has 0 bridgehead atoms. The third-order valence-electron chi connectivity index (χ3n) is 2.99. The molecule has 1 aromatic heterocycles. The van der Waals surface area contributed by atoms with Crippen LogP contribution in [0.3, 0.4) is 0 Å². The highest BCUT2D eigenvalue weighted by atomic mass is 35.5. The van der Waals surface area contributed by atoms with Crippen molar-refractivity contribution in [1.82, 2.24) is 9.97 Å². The van der Waals surface area contributed by atoms with Crippen molar-refractivity contribution >= 4 is 40.7 Å². The van der Waals surface area contributed by atoms with E-state index in [9.17, 15) is 4.79 Å². The van der Waals surface area contributed by atoms with Crippen LogP contribution < -0.4 is 10.2 Å². The number of hydrogen-bond acceptors (Lipinski definition) is 4. The molecular weight excluding hydrogens is 323 g/mol. The van der Waals surface area contributed by atoms with Crippen molar-refractivity contribution < 1.29 is 4.79 Å². The maximum absolute atomic E-state index is 12.1. The lowest BCUT2D eigenvalue weighted by atomic mass is 10.2. The highest BCUT2D eigenvalue weighted by Crippen LogP contribution is 2.16. The topological polar surface area (TPSA) is 58.1 Å². The van der Waals surface area contributed by atoms with Crippen LogP contribution >= 0.6 is 23.2 Å². The largest absolute Gasteiger partial charge is 0.369 e. The summed E-state index contributed by atoms with van der Waals surface area (Å²) in [5.74, 6) is 1.07. The number of benzene rings is 1. The van der Waals surface area contributed by atoms with Crippen LogP contribution in [0.4, 0.5) is 11.6 Å². The van der Waals surface area contributed by atoms with E-state index in [4.69, 9.17) is 23.2 Å². The monoisotopic (exact) mass is 338 g/mol. The van der Waals surface area contributed by atoms with E-state index >= 15 is 0 Å². The Hall–Kier alpha value is -1.85. The molecule has 0 radical (unpaired) electrons. The van der Waals surface area contributed by atoms with Crippen LogP contribution in [0.2, 0.25) is 0 Å². The number of carbonyl (C=O) groups excluding carboxylic acids is 1. The van der Waals surface area contributed by atoms with Crippen LogP contribution in [0.15, 0.2) is 42.7 Å². The molecule has 7 heteroatoms. The molecule has 0 unspecified atom stereocenters. The van der Waals surface area contributed by atoms with Gasteiger partial charge in [-0.3, -0.25) is 10.1 Å². The van der Waals surface area contributed by atoms with Crippen LogP contribution in [0.1, 0.15) is 10.4 Å². The highest BCUT2D eigenvalue weighted by molar-refractivity contribution is 6.18. The summed E-state index contributed by atoms with van der Waals surface area (Å²) >= 11 is 11.6. The number of halogens is 2. The van der Waals surface area contributed by atoms with E-state index in [0.29, 0.717) is 30.4 Å². The normalized spacial score (nSPS) is 10.3. The molecule has 1 amide bonds. The molecule has 0 spiro atoms. The minimum absolute atomic E-state index is 0.251. The van der Waals surface area contributed by atoms with E-state index in [0.717, 1.165) is 5.69 Å². The van der Waals surface area contributed by atoms with Crippen molar-refractivity contribution in [2.75, 3.05) is 35.1 Å². The molecule has 1 heterocycles. The third kappa shape index (κ3) is 4.58. The Balaban J connectivity index is 2.05. The van der Waals surface area contributed by atoms with Gasteiger partial charge in [-0.1, -0.05) is 0 Å². The molecular formula is C15H16Cl2N4O. The maximum atomic E-state index is 12.1. The van der Waals surface area contributed by atoms with Gasteiger partial charge >= 0.3 is 0 Å². The second-order valence-electron chi connectivity index (χ2n) is 4.44. The maximum Gasteiger partial charge on any atom is 0.258 e. The molecule has 22 heavy (non-hydrogen) atoms. The van der Waals surface area contributed by atoms with Crippen LogP contribution in [0.5, 0.6) is 0 Å². The lowest BCUT2D eigenvalue weighted by Gasteiger charge is -2.22. The minimum atomic E-state index is -0.251. The summed E-state index contributed by atoms with van der Waals surface area (Å²) in [5, 5.41) is 2.64. The highest BCUT2D eigenvalue weighted by Gasteiger charge is 2.09. The van der Waals surface area contributed by atoms with Crippen molar-refractivity contribution in [3.8, 4) is 0 Å². The van der Waals surface area contributed by atoms with Crippen molar-refractivity contribution in [2.24, 2.45) is 0 Å². The number of carbonyl (C=O) groups is 1. The number of rotatable bonds is 7. The minimum Gasteiger partial charge on any atom is -0.369 e. The van der Waals surface area contributed by atoms with Gasteiger partial charge < -0.3 is 4.90 Å². The Morgan fingerprint density at radius 2 is 1.64 bits per heavy atom. The molecule has 0 aliphatic rings. The lowest BCUT2D eigenvalue weighted by Crippen LogP contribution is -2.27. The van der Waals surface area contributed by atoms with Crippen LogP contribution in [0.25, 0.3) is 0 Å². The molecule has 2 rings (SSSR count). The predicted octanol–water partition coefficient (Wildman–Crippen LogP) is 3.01. The smallest absolute Gasteiger partial charge is 0.258 e. The average molecular weight is 339 g/mol. The van der Waals surface area contributed by atoms with Crippen LogP contribution in [-0.4, -0.2) is 40.7 Å². The summed E-state index contributed by atoms with van der Waals surface area (Å²) in [7, 11) is 0. The van der Waals surface area contributed by atoms with E-state index in [-0.39, 0.29) is 11.9 Å². The molecule has 2 aromatic rings. The molecule has 0 atom stereocenters. The SMILES string of the molecule is O=C(Nc1ncccn1)c1ccc(N(CCCl)CCCl)cc1. The summed E-state index contributed by atoms with van der Waals surface area (Å²) in [6.07, 6.45) is 3.14. The zero-order chi connectivity index (χ0) is 15.8.